The standard InChI is InChI=1S/C24H19F3N6O2/c1-15-4-5-18(31-22(34)16-6-9-29-21(11-16)35-14-24(25,26)27)12-20(15)33-23-30-10-7-19(32-23)17-3-2-8-28-13-17/h2-13H,14H2,1H3,(H,31,34)(H,30,32,33). The highest BCUT2D eigenvalue weighted by Crippen LogP contribution is 2.25. The van der Waals surface area contributed by atoms with Gasteiger partial charge in [-0.05, 0) is 48.9 Å². The summed E-state index contributed by atoms with van der Waals surface area (Å²) in [6.07, 6.45) is 1.70. The Morgan fingerprint density at radius 3 is 2.63 bits per heavy atom. The molecule has 35 heavy (non-hydrogen) atoms. The molecule has 0 bridgehead atoms. The Kier molecular flexibility index (Phi) is 6.86. The lowest BCUT2D eigenvalue weighted by Crippen LogP contribution is -2.20. The molecule has 0 aliphatic rings. The third-order valence-corrected chi connectivity index (χ3v) is 4.74. The van der Waals surface area contributed by atoms with Gasteiger partial charge in [0.25, 0.3) is 5.91 Å². The van der Waals surface area contributed by atoms with Crippen molar-refractivity contribution in [1.82, 2.24) is 19.9 Å². The Morgan fingerprint density at radius 1 is 1.03 bits per heavy atom. The molecule has 0 spiro atoms. The number of amides is 1. The van der Waals surface area contributed by atoms with E-state index in [1.165, 1.54) is 12.3 Å². The lowest BCUT2D eigenvalue weighted by atomic mass is 10.1. The van der Waals surface area contributed by atoms with Gasteiger partial charge in [-0.25, -0.2) is 15.0 Å². The van der Waals surface area contributed by atoms with Gasteiger partial charge in [0.1, 0.15) is 0 Å². The normalized spacial score (nSPS) is 11.1. The quantitative estimate of drug-likeness (QED) is 0.376. The second kappa shape index (κ2) is 10.2. The van der Waals surface area contributed by atoms with Gasteiger partial charge in [0.2, 0.25) is 11.8 Å². The molecule has 11 heteroatoms. The van der Waals surface area contributed by atoms with E-state index in [1.807, 2.05) is 19.1 Å². The minimum absolute atomic E-state index is 0.0970. The number of carbonyl (C=O) groups is 1. The fraction of sp³-hybridized carbons (Fsp3) is 0.125. The van der Waals surface area contributed by atoms with E-state index in [4.69, 9.17) is 0 Å². The summed E-state index contributed by atoms with van der Waals surface area (Å²) in [6.45, 7) is 0.383. The molecule has 3 aromatic heterocycles. The number of hydrogen-bond donors (Lipinski definition) is 2. The van der Waals surface area contributed by atoms with Gasteiger partial charge in [0.05, 0.1) is 5.69 Å². The summed E-state index contributed by atoms with van der Waals surface area (Å²) in [7, 11) is 0. The van der Waals surface area contributed by atoms with Crippen molar-refractivity contribution in [2.75, 3.05) is 17.2 Å². The molecule has 2 N–H and O–H groups in total. The van der Waals surface area contributed by atoms with E-state index in [0.29, 0.717) is 23.0 Å². The average molecular weight is 480 g/mol. The van der Waals surface area contributed by atoms with Crippen LogP contribution in [0.25, 0.3) is 11.3 Å². The van der Waals surface area contributed by atoms with Gasteiger partial charge in [0.15, 0.2) is 6.61 Å². The molecule has 0 saturated heterocycles. The Hall–Kier alpha value is -4.54. The van der Waals surface area contributed by atoms with Crippen molar-refractivity contribution < 1.29 is 22.7 Å². The number of pyridine rings is 2. The smallest absolute Gasteiger partial charge is 0.422 e. The first-order valence-corrected chi connectivity index (χ1v) is 10.3. The number of benzene rings is 1. The fourth-order valence-electron chi connectivity index (χ4n) is 3.04. The van der Waals surface area contributed by atoms with Crippen LogP contribution >= 0.6 is 0 Å². The summed E-state index contributed by atoms with van der Waals surface area (Å²) in [5.74, 6) is -0.473. The fourth-order valence-corrected chi connectivity index (χ4v) is 3.04. The van der Waals surface area contributed by atoms with Gasteiger partial charge in [-0.1, -0.05) is 6.07 Å². The minimum Gasteiger partial charge on any atom is -0.468 e. The number of nitrogens with one attached hydrogen (secondary N) is 2. The first kappa shape index (κ1) is 23.6. The monoisotopic (exact) mass is 480 g/mol. The number of halogens is 3. The van der Waals surface area contributed by atoms with Gasteiger partial charge >= 0.3 is 6.18 Å². The second-order valence-electron chi connectivity index (χ2n) is 7.40. The van der Waals surface area contributed by atoms with Gasteiger partial charge < -0.3 is 15.4 Å². The minimum atomic E-state index is -4.51. The number of ether oxygens (including phenoxy) is 1. The van der Waals surface area contributed by atoms with Crippen LogP contribution in [0.2, 0.25) is 0 Å². The number of carbonyl (C=O) groups excluding carboxylic acids is 1. The van der Waals surface area contributed by atoms with Crippen molar-refractivity contribution in [3.05, 3.63) is 84.4 Å². The van der Waals surface area contributed by atoms with E-state index in [0.717, 1.165) is 17.2 Å². The average Bonchev–Trinajstić information content (AvgIpc) is 2.85. The maximum absolute atomic E-state index is 12.7. The molecule has 3 heterocycles. The topological polar surface area (TPSA) is 102 Å². The zero-order valence-electron chi connectivity index (χ0n) is 18.4. The summed E-state index contributed by atoms with van der Waals surface area (Å²) in [4.78, 5) is 29.2. The molecule has 0 fully saturated rings. The van der Waals surface area contributed by atoms with Crippen LogP contribution in [-0.2, 0) is 0 Å². The summed E-state index contributed by atoms with van der Waals surface area (Å²) >= 11 is 0. The number of nitrogens with zero attached hydrogens (tertiary/aromatic N) is 4. The number of alkyl halides is 3. The molecule has 0 aliphatic carbocycles. The maximum atomic E-state index is 12.7. The van der Waals surface area contributed by atoms with Crippen LogP contribution < -0.4 is 15.4 Å². The molecule has 4 aromatic rings. The lowest BCUT2D eigenvalue weighted by Gasteiger charge is -2.13. The molecular formula is C24H19F3N6O2. The summed E-state index contributed by atoms with van der Waals surface area (Å²) < 4.78 is 41.7. The summed E-state index contributed by atoms with van der Waals surface area (Å²) in [5.41, 5.74) is 3.63. The molecule has 0 unspecified atom stereocenters. The first-order valence-electron chi connectivity index (χ1n) is 10.3. The molecule has 178 valence electrons. The molecule has 4 rings (SSSR count). The SMILES string of the molecule is Cc1ccc(NC(=O)c2ccnc(OCC(F)(F)F)c2)cc1Nc1nccc(-c2cccnc2)n1. The highest BCUT2D eigenvalue weighted by Gasteiger charge is 2.28. The van der Waals surface area contributed by atoms with Crippen LogP contribution in [0.4, 0.5) is 30.5 Å². The largest absolute Gasteiger partial charge is 0.468 e. The third kappa shape index (κ3) is 6.50. The zero-order valence-corrected chi connectivity index (χ0v) is 18.4. The summed E-state index contributed by atoms with van der Waals surface area (Å²) in [5, 5.41) is 5.86. The van der Waals surface area contributed by atoms with Gasteiger partial charge in [0, 0.05) is 53.4 Å². The number of rotatable bonds is 7. The van der Waals surface area contributed by atoms with E-state index < -0.39 is 18.7 Å². The van der Waals surface area contributed by atoms with Gasteiger partial charge in [-0.15, -0.1) is 0 Å². The molecule has 8 nitrogen and oxygen atoms in total. The third-order valence-electron chi connectivity index (χ3n) is 4.74. The number of hydrogen-bond acceptors (Lipinski definition) is 7. The molecule has 1 amide bonds. The Labute approximate surface area is 198 Å². The van der Waals surface area contributed by atoms with Crippen molar-refractivity contribution in [3.63, 3.8) is 0 Å². The van der Waals surface area contributed by atoms with E-state index in [2.05, 4.69) is 35.3 Å². The van der Waals surface area contributed by atoms with Crippen LogP contribution in [0, 0.1) is 6.92 Å². The van der Waals surface area contributed by atoms with Crippen molar-refractivity contribution in [2.24, 2.45) is 0 Å². The van der Waals surface area contributed by atoms with Crippen molar-refractivity contribution in [2.45, 2.75) is 13.1 Å². The van der Waals surface area contributed by atoms with Crippen LogP contribution in [0.3, 0.4) is 0 Å². The highest BCUT2D eigenvalue weighted by atomic mass is 19.4. The summed E-state index contributed by atoms with van der Waals surface area (Å²) in [6, 6.07) is 13.2. The Bertz CT molecular complexity index is 1330. The van der Waals surface area contributed by atoms with Crippen LogP contribution in [0.1, 0.15) is 15.9 Å². The first-order chi connectivity index (χ1) is 16.8. The van der Waals surface area contributed by atoms with E-state index in [9.17, 15) is 18.0 Å². The van der Waals surface area contributed by atoms with Crippen LogP contribution in [-0.4, -0.2) is 38.6 Å². The number of anilines is 3. The van der Waals surface area contributed by atoms with E-state index in [1.54, 1.807) is 42.9 Å². The van der Waals surface area contributed by atoms with Gasteiger partial charge in [-0.2, -0.15) is 13.2 Å². The number of aromatic nitrogens is 4. The predicted molar refractivity (Wildman–Crippen MR) is 123 cm³/mol. The number of aryl methyl sites for hydroxylation is 1. The van der Waals surface area contributed by atoms with Gasteiger partial charge in [-0.3, -0.25) is 9.78 Å². The highest BCUT2D eigenvalue weighted by molar-refractivity contribution is 6.04. The molecule has 0 saturated carbocycles. The zero-order chi connectivity index (χ0) is 24.8. The van der Waals surface area contributed by atoms with E-state index >= 15 is 0 Å². The van der Waals surface area contributed by atoms with Crippen LogP contribution in [0.5, 0.6) is 5.88 Å². The predicted octanol–water partition coefficient (Wildman–Crippen LogP) is 5.18. The lowest BCUT2D eigenvalue weighted by molar-refractivity contribution is -0.154. The van der Waals surface area contributed by atoms with Crippen LogP contribution in [0.15, 0.2) is 73.3 Å². The van der Waals surface area contributed by atoms with Crippen molar-refractivity contribution >= 4 is 23.2 Å². The molecule has 0 radical (unpaired) electrons. The van der Waals surface area contributed by atoms with Crippen molar-refractivity contribution in [3.8, 4) is 17.1 Å². The molecule has 1 aromatic carbocycles. The second-order valence-corrected chi connectivity index (χ2v) is 7.40. The maximum Gasteiger partial charge on any atom is 0.422 e. The molecule has 0 atom stereocenters. The molecular weight excluding hydrogens is 461 g/mol. The Balaban J connectivity index is 1.48. The van der Waals surface area contributed by atoms with Crippen molar-refractivity contribution in [1.29, 1.82) is 0 Å². The van der Waals surface area contributed by atoms with E-state index in [-0.39, 0.29) is 11.4 Å². The molecule has 0 aliphatic heterocycles. The Morgan fingerprint density at radius 2 is 1.86 bits per heavy atom.